The number of aromatic nitrogens is 2. The Morgan fingerprint density at radius 3 is 2.71 bits per heavy atom. The molecule has 1 aromatic heterocycles. The van der Waals surface area contributed by atoms with E-state index >= 15 is 0 Å². The number of carbonyl (C=O) groups is 2. The number of hydrogen-bond donors (Lipinski definition) is 1. The van der Waals surface area contributed by atoms with E-state index in [4.69, 9.17) is 0 Å². The molecule has 2 aliphatic rings. The topological polar surface area (TPSA) is 67.2 Å². The van der Waals surface area contributed by atoms with Crippen molar-refractivity contribution in [2.24, 2.45) is 7.05 Å². The van der Waals surface area contributed by atoms with Crippen molar-refractivity contribution in [2.45, 2.75) is 44.1 Å². The first-order chi connectivity index (χ1) is 10.1. The van der Waals surface area contributed by atoms with Crippen molar-refractivity contribution in [3.8, 4) is 0 Å². The van der Waals surface area contributed by atoms with Gasteiger partial charge in [-0.3, -0.25) is 14.3 Å². The third-order valence-electron chi connectivity index (χ3n) is 4.84. The minimum atomic E-state index is -0.605. The lowest BCUT2D eigenvalue weighted by Crippen LogP contribution is -2.68. The molecule has 0 atom stereocenters. The Morgan fingerprint density at radius 1 is 1.29 bits per heavy atom. The zero-order valence-corrected chi connectivity index (χ0v) is 12.5. The van der Waals surface area contributed by atoms with Crippen LogP contribution in [-0.2, 0) is 23.1 Å². The van der Waals surface area contributed by atoms with Crippen molar-refractivity contribution in [2.75, 3.05) is 13.1 Å². The number of nitrogens with zero attached hydrogens (tertiary/aromatic N) is 3. The van der Waals surface area contributed by atoms with E-state index < -0.39 is 5.54 Å². The van der Waals surface area contributed by atoms with Crippen LogP contribution in [0.2, 0.25) is 0 Å². The first-order valence-corrected chi connectivity index (χ1v) is 7.69. The Bertz CT molecular complexity index is 546. The Labute approximate surface area is 124 Å². The van der Waals surface area contributed by atoms with Gasteiger partial charge in [-0.05, 0) is 18.9 Å². The van der Waals surface area contributed by atoms with E-state index in [1.807, 2.05) is 22.7 Å². The maximum Gasteiger partial charge on any atom is 0.246 e. The summed E-state index contributed by atoms with van der Waals surface area (Å²) in [6.07, 6.45) is 7.25. The van der Waals surface area contributed by atoms with Crippen molar-refractivity contribution in [1.29, 1.82) is 0 Å². The molecule has 2 amide bonds. The molecule has 1 aromatic rings. The Kier molecular flexibility index (Phi) is 3.69. The van der Waals surface area contributed by atoms with Crippen LogP contribution in [0.4, 0.5) is 0 Å². The average molecular weight is 290 g/mol. The van der Waals surface area contributed by atoms with Gasteiger partial charge in [0, 0.05) is 31.9 Å². The summed E-state index contributed by atoms with van der Waals surface area (Å²) >= 11 is 0. The predicted octanol–water partition coefficient (Wildman–Crippen LogP) is 0.624. The molecule has 0 aromatic carbocycles. The highest BCUT2D eigenvalue weighted by Gasteiger charge is 2.49. The first-order valence-electron chi connectivity index (χ1n) is 7.69. The van der Waals surface area contributed by atoms with Crippen LogP contribution in [0.15, 0.2) is 12.3 Å². The van der Waals surface area contributed by atoms with Crippen molar-refractivity contribution < 1.29 is 9.59 Å². The molecule has 0 unspecified atom stereocenters. The molecule has 6 nitrogen and oxygen atoms in total. The third kappa shape index (κ3) is 2.43. The van der Waals surface area contributed by atoms with E-state index in [0.717, 1.165) is 44.2 Å². The molecular formula is C15H22N4O2. The molecule has 1 saturated carbocycles. The van der Waals surface area contributed by atoms with E-state index in [9.17, 15) is 9.59 Å². The second-order valence-electron chi connectivity index (χ2n) is 6.02. The van der Waals surface area contributed by atoms with Crippen LogP contribution < -0.4 is 5.32 Å². The molecule has 0 bridgehead atoms. The Morgan fingerprint density at radius 2 is 2.05 bits per heavy atom. The van der Waals surface area contributed by atoms with E-state index in [0.29, 0.717) is 6.54 Å². The van der Waals surface area contributed by atoms with Crippen LogP contribution in [0.3, 0.4) is 0 Å². The van der Waals surface area contributed by atoms with Crippen molar-refractivity contribution in [3.63, 3.8) is 0 Å². The number of piperazine rings is 1. The number of carbonyl (C=O) groups excluding carboxylic acids is 2. The van der Waals surface area contributed by atoms with Crippen LogP contribution in [0.1, 0.15) is 37.8 Å². The molecule has 2 heterocycles. The van der Waals surface area contributed by atoms with Gasteiger partial charge in [-0.15, -0.1) is 0 Å². The summed E-state index contributed by atoms with van der Waals surface area (Å²) in [7, 11) is 1.90. The smallest absolute Gasteiger partial charge is 0.246 e. The lowest BCUT2D eigenvalue weighted by molar-refractivity contribution is -0.156. The number of rotatable bonds is 3. The molecule has 2 fully saturated rings. The van der Waals surface area contributed by atoms with E-state index in [1.54, 1.807) is 6.20 Å². The second kappa shape index (κ2) is 5.50. The van der Waals surface area contributed by atoms with Gasteiger partial charge < -0.3 is 10.2 Å². The third-order valence-corrected chi connectivity index (χ3v) is 4.84. The van der Waals surface area contributed by atoms with E-state index in [2.05, 4.69) is 10.4 Å². The molecule has 1 aliphatic heterocycles. The Hall–Kier alpha value is -1.85. The first kappa shape index (κ1) is 14.1. The van der Waals surface area contributed by atoms with Crippen molar-refractivity contribution >= 4 is 11.8 Å². The molecule has 21 heavy (non-hydrogen) atoms. The molecule has 1 aliphatic carbocycles. The van der Waals surface area contributed by atoms with Gasteiger partial charge in [0.15, 0.2) is 0 Å². The number of amides is 2. The number of hydrogen-bond acceptors (Lipinski definition) is 3. The predicted molar refractivity (Wildman–Crippen MR) is 77.5 cm³/mol. The number of nitrogens with one attached hydrogen (secondary N) is 1. The van der Waals surface area contributed by atoms with Gasteiger partial charge in [0.05, 0.1) is 6.54 Å². The lowest BCUT2D eigenvalue weighted by Gasteiger charge is -2.48. The fraction of sp³-hybridized carbons (Fsp3) is 0.667. The summed E-state index contributed by atoms with van der Waals surface area (Å²) in [5.74, 6) is 0.0745. The van der Waals surface area contributed by atoms with Gasteiger partial charge in [0.1, 0.15) is 5.54 Å². The zero-order valence-electron chi connectivity index (χ0n) is 12.5. The van der Waals surface area contributed by atoms with Gasteiger partial charge in [0.2, 0.25) is 11.8 Å². The summed E-state index contributed by atoms with van der Waals surface area (Å²) in [4.78, 5) is 26.6. The maximum absolute atomic E-state index is 12.4. The van der Waals surface area contributed by atoms with Crippen LogP contribution in [-0.4, -0.2) is 45.1 Å². The van der Waals surface area contributed by atoms with Gasteiger partial charge in [-0.1, -0.05) is 19.3 Å². The minimum Gasteiger partial charge on any atom is -0.345 e. The average Bonchev–Trinajstić information content (AvgIpc) is 2.90. The molecular weight excluding hydrogens is 268 g/mol. The summed E-state index contributed by atoms with van der Waals surface area (Å²) < 4.78 is 1.82. The zero-order chi connectivity index (χ0) is 14.9. The molecule has 0 radical (unpaired) electrons. The number of aryl methyl sites for hydroxylation is 1. The van der Waals surface area contributed by atoms with E-state index in [1.165, 1.54) is 0 Å². The summed E-state index contributed by atoms with van der Waals surface area (Å²) in [5, 5.41) is 6.93. The lowest BCUT2D eigenvalue weighted by atomic mass is 9.78. The summed E-state index contributed by atoms with van der Waals surface area (Å²) in [5.41, 5.74) is 0.478. The normalized spacial score (nSPS) is 21.7. The van der Waals surface area contributed by atoms with Gasteiger partial charge in [-0.2, -0.15) is 5.10 Å². The van der Waals surface area contributed by atoms with Crippen LogP contribution >= 0.6 is 0 Å². The Balaban J connectivity index is 1.80. The van der Waals surface area contributed by atoms with Gasteiger partial charge >= 0.3 is 0 Å². The fourth-order valence-electron chi connectivity index (χ4n) is 3.62. The second-order valence-corrected chi connectivity index (χ2v) is 6.02. The quantitative estimate of drug-likeness (QED) is 0.887. The fourth-order valence-corrected chi connectivity index (χ4v) is 3.62. The minimum absolute atomic E-state index is 0.0341. The SMILES string of the molecule is Cn1nccc1CCN1C(=O)CNC(=O)C12CCCCC2. The van der Waals surface area contributed by atoms with Crippen LogP contribution in [0.5, 0.6) is 0 Å². The van der Waals surface area contributed by atoms with Crippen molar-refractivity contribution in [1.82, 2.24) is 20.0 Å². The summed E-state index contributed by atoms with van der Waals surface area (Å²) in [6.45, 7) is 0.720. The highest BCUT2D eigenvalue weighted by atomic mass is 16.2. The van der Waals surface area contributed by atoms with Crippen LogP contribution in [0.25, 0.3) is 0 Å². The maximum atomic E-state index is 12.4. The molecule has 1 saturated heterocycles. The highest BCUT2D eigenvalue weighted by Crippen LogP contribution is 2.35. The molecule has 6 heteroatoms. The van der Waals surface area contributed by atoms with Gasteiger partial charge in [0.25, 0.3) is 0 Å². The monoisotopic (exact) mass is 290 g/mol. The van der Waals surface area contributed by atoms with Crippen LogP contribution in [0, 0.1) is 0 Å². The largest absolute Gasteiger partial charge is 0.345 e. The molecule has 1 spiro atoms. The van der Waals surface area contributed by atoms with Gasteiger partial charge in [-0.25, -0.2) is 0 Å². The highest BCUT2D eigenvalue weighted by molar-refractivity contribution is 5.98. The standard InChI is InChI=1S/C15H22N4O2/c1-18-12(5-9-17-18)6-10-19-13(20)11-16-14(21)15(19)7-3-2-4-8-15/h5,9H,2-4,6-8,10-11H2,1H3,(H,16,21). The summed E-state index contributed by atoms with van der Waals surface area (Å²) in [6, 6.07) is 1.96. The molecule has 3 rings (SSSR count). The van der Waals surface area contributed by atoms with E-state index in [-0.39, 0.29) is 18.4 Å². The van der Waals surface area contributed by atoms with Crippen molar-refractivity contribution in [3.05, 3.63) is 18.0 Å². The molecule has 1 N–H and O–H groups in total. The molecule has 114 valence electrons.